The van der Waals surface area contributed by atoms with E-state index in [1.165, 1.54) is 0 Å². The van der Waals surface area contributed by atoms with Crippen LogP contribution in [-0.2, 0) is 16.0 Å². The highest BCUT2D eigenvalue weighted by molar-refractivity contribution is 5.92. The van der Waals surface area contributed by atoms with Gasteiger partial charge in [0.05, 0.1) is 5.92 Å². The molecule has 170 valence electrons. The molecule has 0 bridgehead atoms. The number of carbonyl (C=O) groups excluding carboxylic acids is 2. The van der Waals surface area contributed by atoms with Gasteiger partial charge in [0, 0.05) is 32.6 Å². The molecule has 1 N–H and O–H groups in total. The zero-order valence-electron chi connectivity index (χ0n) is 19.1. The van der Waals surface area contributed by atoms with E-state index in [4.69, 9.17) is 0 Å². The summed E-state index contributed by atoms with van der Waals surface area (Å²) >= 11 is 0. The summed E-state index contributed by atoms with van der Waals surface area (Å²) in [4.78, 5) is 31.3. The van der Waals surface area contributed by atoms with Crippen molar-refractivity contribution in [3.63, 3.8) is 0 Å². The van der Waals surface area contributed by atoms with Gasteiger partial charge < -0.3 is 15.1 Å². The van der Waals surface area contributed by atoms with Crippen molar-refractivity contribution in [3.05, 3.63) is 108 Å². The van der Waals surface area contributed by atoms with Crippen LogP contribution in [0.25, 0.3) is 0 Å². The molecule has 4 rings (SSSR count). The third-order valence-corrected chi connectivity index (χ3v) is 6.24. The molecular formula is C28H31N3O2. The molecular weight excluding hydrogens is 410 g/mol. The fraction of sp³-hybridized carbons (Fsp3) is 0.286. The highest BCUT2D eigenvalue weighted by atomic mass is 16.2. The lowest BCUT2D eigenvalue weighted by Crippen LogP contribution is -2.55. The van der Waals surface area contributed by atoms with E-state index >= 15 is 0 Å². The molecule has 0 aliphatic carbocycles. The lowest BCUT2D eigenvalue weighted by Gasteiger charge is -2.35. The van der Waals surface area contributed by atoms with Gasteiger partial charge in [-0.3, -0.25) is 9.59 Å². The maximum absolute atomic E-state index is 13.7. The van der Waals surface area contributed by atoms with Crippen LogP contribution in [0, 0.1) is 0 Å². The van der Waals surface area contributed by atoms with Crippen molar-refractivity contribution in [1.29, 1.82) is 0 Å². The highest BCUT2D eigenvalue weighted by Crippen LogP contribution is 2.25. The van der Waals surface area contributed by atoms with Crippen LogP contribution in [-0.4, -0.2) is 60.9 Å². The molecule has 5 heteroatoms. The lowest BCUT2D eigenvalue weighted by molar-refractivity contribution is -0.137. The summed E-state index contributed by atoms with van der Waals surface area (Å²) in [5, 5.41) is 3.13. The Balaban J connectivity index is 1.60. The summed E-state index contributed by atoms with van der Waals surface area (Å²) in [6, 6.07) is 28.8. The van der Waals surface area contributed by atoms with Gasteiger partial charge in [0.1, 0.15) is 6.04 Å². The number of piperazine rings is 1. The van der Waals surface area contributed by atoms with Crippen molar-refractivity contribution < 1.29 is 9.59 Å². The number of nitrogens with zero attached hydrogens (tertiary/aromatic N) is 2. The van der Waals surface area contributed by atoms with Crippen LogP contribution in [0.2, 0.25) is 0 Å². The number of hydrogen-bond donors (Lipinski definition) is 1. The van der Waals surface area contributed by atoms with Crippen molar-refractivity contribution in [2.24, 2.45) is 0 Å². The fourth-order valence-corrected chi connectivity index (χ4v) is 4.34. The van der Waals surface area contributed by atoms with Crippen LogP contribution in [0.3, 0.4) is 0 Å². The zero-order valence-corrected chi connectivity index (χ0v) is 19.1. The van der Waals surface area contributed by atoms with Gasteiger partial charge >= 0.3 is 0 Å². The number of rotatable bonds is 7. The van der Waals surface area contributed by atoms with E-state index in [0.29, 0.717) is 19.5 Å². The summed E-state index contributed by atoms with van der Waals surface area (Å²) in [7, 11) is 2.06. The molecule has 1 atom stereocenters. The third kappa shape index (κ3) is 5.88. The van der Waals surface area contributed by atoms with Crippen LogP contribution in [0.15, 0.2) is 91.0 Å². The standard InChI is InChI=1S/C28H31N3O2/c1-30-17-19-31(20-18-30)28(33)25(21-22-11-5-2-6-12-22)29-27(32)26(23-13-7-3-8-14-23)24-15-9-4-10-16-24/h2-16,25-26H,17-21H2,1H3,(H,29,32)/t25-/m0/s1. The second-order valence-electron chi connectivity index (χ2n) is 8.63. The molecule has 0 radical (unpaired) electrons. The summed E-state index contributed by atoms with van der Waals surface area (Å²) in [6.45, 7) is 3.04. The largest absolute Gasteiger partial charge is 0.343 e. The zero-order chi connectivity index (χ0) is 23.0. The summed E-state index contributed by atoms with van der Waals surface area (Å²) < 4.78 is 0. The van der Waals surface area contributed by atoms with E-state index in [9.17, 15) is 9.59 Å². The third-order valence-electron chi connectivity index (χ3n) is 6.24. The monoisotopic (exact) mass is 441 g/mol. The molecule has 1 fully saturated rings. The molecule has 3 aromatic carbocycles. The second-order valence-corrected chi connectivity index (χ2v) is 8.63. The van der Waals surface area contributed by atoms with Gasteiger partial charge in [-0.1, -0.05) is 91.0 Å². The maximum atomic E-state index is 13.7. The number of likely N-dealkylation sites (N-methyl/N-ethyl adjacent to an activating group) is 1. The molecule has 5 nitrogen and oxygen atoms in total. The summed E-state index contributed by atoms with van der Waals surface area (Å²) in [5.74, 6) is -0.651. The number of nitrogens with one attached hydrogen (secondary N) is 1. The first-order valence-corrected chi connectivity index (χ1v) is 11.5. The van der Waals surface area contributed by atoms with Crippen LogP contribution < -0.4 is 5.32 Å². The molecule has 1 heterocycles. The van der Waals surface area contributed by atoms with Crippen molar-refractivity contribution in [1.82, 2.24) is 15.1 Å². The van der Waals surface area contributed by atoms with E-state index in [2.05, 4.69) is 17.3 Å². The Kier molecular flexibility index (Phi) is 7.53. The van der Waals surface area contributed by atoms with E-state index in [0.717, 1.165) is 29.8 Å². The van der Waals surface area contributed by atoms with Crippen LogP contribution >= 0.6 is 0 Å². The Morgan fingerprint density at radius 3 is 1.76 bits per heavy atom. The molecule has 0 saturated carbocycles. The van der Waals surface area contributed by atoms with Crippen LogP contribution in [0.1, 0.15) is 22.6 Å². The molecule has 3 aromatic rings. The van der Waals surface area contributed by atoms with Gasteiger partial charge in [0.2, 0.25) is 11.8 Å². The van der Waals surface area contributed by atoms with E-state index in [1.54, 1.807) is 0 Å². The first kappa shape index (κ1) is 22.7. The molecule has 1 saturated heterocycles. The predicted octanol–water partition coefficient (Wildman–Crippen LogP) is 3.32. The predicted molar refractivity (Wildman–Crippen MR) is 131 cm³/mol. The lowest BCUT2D eigenvalue weighted by atomic mass is 9.90. The Morgan fingerprint density at radius 1 is 0.758 bits per heavy atom. The Bertz CT molecular complexity index is 993. The topological polar surface area (TPSA) is 52.6 Å². The highest BCUT2D eigenvalue weighted by Gasteiger charge is 2.31. The van der Waals surface area contributed by atoms with Crippen molar-refractivity contribution >= 4 is 11.8 Å². The molecule has 1 aliphatic rings. The Morgan fingerprint density at radius 2 is 1.24 bits per heavy atom. The summed E-state index contributed by atoms with van der Waals surface area (Å²) in [6.07, 6.45) is 0.466. The minimum absolute atomic E-state index is 0.0137. The average Bonchev–Trinajstić information content (AvgIpc) is 2.86. The van der Waals surface area contributed by atoms with E-state index < -0.39 is 12.0 Å². The number of hydrogen-bond acceptors (Lipinski definition) is 3. The molecule has 0 spiro atoms. The minimum Gasteiger partial charge on any atom is -0.343 e. The van der Waals surface area contributed by atoms with Gasteiger partial charge in [-0.25, -0.2) is 0 Å². The molecule has 0 unspecified atom stereocenters. The molecule has 33 heavy (non-hydrogen) atoms. The van der Waals surface area contributed by atoms with Gasteiger partial charge in [-0.15, -0.1) is 0 Å². The second kappa shape index (κ2) is 10.9. The Hall–Kier alpha value is -3.44. The van der Waals surface area contributed by atoms with Crippen LogP contribution in [0.5, 0.6) is 0 Å². The summed E-state index contributed by atoms with van der Waals surface area (Å²) in [5.41, 5.74) is 2.85. The number of carbonyl (C=O) groups is 2. The maximum Gasteiger partial charge on any atom is 0.245 e. The fourth-order valence-electron chi connectivity index (χ4n) is 4.34. The van der Waals surface area contributed by atoms with Gasteiger partial charge in [0.25, 0.3) is 0 Å². The smallest absolute Gasteiger partial charge is 0.245 e. The first-order valence-electron chi connectivity index (χ1n) is 11.5. The molecule has 0 aromatic heterocycles. The van der Waals surface area contributed by atoms with Crippen LogP contribution in [0.4, 0.5) is 0 Å². The molecule has 1 aliphatic heterocycles. The van der Waals surface area contributed by atoms with E-state index in [1.807, 2.05) is 95.9 Å². The van der Waals surface area contributed by atoms with Crippen molar-refractivity contribution in [2.45, 2.75) is 18.4 Å². The average molecular weight is 442 g/mol. The molecule has 2 amide bonds. The van der Waals surface area contributed by atoms with Gasteiger partial charge in [-0.05, 0) is 23.7 Å². The van der Waals surface area contributed by atoms with Gasteiger partial charge in [-0.2, -0.15) is 0 Å². The van der Waals surface area contributed by atoms with Crippen molar-refractivity contribution in [3.8, 4) is 0 Å². The van der Waals surface area contributed by atoms with E-state index in [-0.39, 0.29) is 11.8 Å². The number of amides is 2. The SMILES string of the molecule is CN1CCN(C(=O)[C@H](Cc2ccccc2)NC(=O)C(c2ccccc2)c2ccccc2)CC1. The minimum atomic E-state index is -0.613. The quantitative estimate of drug-likeness (QED) is 0.612. The normalized spacial score (nSPS) is 15.3. The first-order chi connectivity index (χ1) is 16.1. The number of benzene rings is 3. The Labute approximate surface area is 196 Å². The van der Waals surface area contributed by atoms with Crippen molar-refractivity contribution in [2.75, 3.05) is 33.2 Å². The van der Waals surface area contributed by atoms with Gasteiger partial charge in [0.15, 0.2) is 0 Å².